The van der Waals surface area contributed by atoms with Gasteiger partial charge in [0.2, 0.25) is 6.79 Å². The number of tetrazole rings is 1. The number of aryl methyl sites for hydroxylation is 1. The number of hydrogen-bond acceptors (Lipinski definition) is 6. The van der Waals surface area contributed by atoms with Gasteiger partial charge in [-0.05, 0) is 60.0 Å². The monoisotopic (exact) mass is 377 g/mol. The molecule has 0 radical (unpaired) electrons. The fourth-order valence-corrected chi connectivity index (χ4v) is 4.24. The van der Waals surface area contributed by atoms with Crippen LogP contribution in [-0.4, -0.2) is 27.0 Å². The Morgan fingerprint density at radius 1 is 1.00 bits per heavy atom. The van der Waals surface area contributed by atoms with Crippen LogP contribution in [0.1, 0.15) is 43.5 Å². The smallest absolute Gasteiger partial charge is 0.231 e. The maximum atomic E-state index is 5.54. The molecule has 5 rings (SSSR count). The highest BCUT2D eigenvalue weighted by Gasteiger charge is 2.39. The van der Waals surface area contributed by atoms with Crippen molar-refractivity contribution in [1.29, 1.82) is 0 Å². The predicted molar refractivity (Wildman–Crippen MR) is 105 cm³/mol. The largest absolute Gasteiger partial charge is 0.454 e. The van der Waals surface area contributed by atoms with E-state index in [4.69, 9.17) is 9.47 Å². The van der Waals surface area contributed by atoms with Gasteiger partial charge in [0.15, 0.2) is 17.3 Å². The van der Waals surface area contributed by atoms with Gasteiger partial charge in [0.05, 0.1) is 11.2 Å². The van der Waals surface area contributed by atoms with Crippen molar-refractivity contribution in [3.8, 4) is 17.2 Å². The second kappa shape index (κ2) is 6.82. The van der Waals surface area contributed by atoms with Crippen molar-refractivity contribution in [2.75, 3.05) is 12.1 Å². The molecular weight excluding hydrogens is 354 g/mol. The summed E-state index contributed by atoms with van der Waals surface area (Å²) < 4.78 is 12.8. The lowest BCUT2D eigenvalue weighted by Gasteiger charge is -2.37. The normalized spacial score (nSPS) is 17.5. The summed E-state index contributed by atoms with van der Waals surface area (Å²) in [5.74, 6) is 2.32. The van der Waals surface area contributed by atoms with Crippen LogP contribution in [0.15, 0.2) is 42.5 Å². The molecule has 1 aliphatic carbocycles. The van der Waals surface area contributed by atoms with E-state index < -0.39 is 0 Å². The van der Waals surface area contributed by atoms with E-state index in [2.05, 4.69) is 52.0 Å². The Labute approximate surface area is 163 Å². The number of nitrogens with zero attached hydrogens (tertiary/aromatic N) is 4. The van der Waals surface area contributed by atoms with Crippen LogP contribution in [0.4, 0.5) is 5.69 Å². The Balaban J connectivity index is 1.56. The first-order valence-corrected chi connectivity index (χ1v) is 9.77. The molecular formula is C21H23N5O2. The molecule has 1 fully saturated rings. The lowest BCUT2D eigenvalue weighted by Crippen LogP contribution is -2.40. The molecule has 1 aromatic heterocycles. The maximum Gasteiger partial charge on any atom is 0.231 e. The van der Waals surface area contributed by atoms with Gasteiger partial charge < -0.3 is 14.8 Å². The van der Waals surface area contributed by atoms with E-state index in [9.17, 15) is 0 Å². The van der Waals surface area contributed by atoms with Crippen molar-refractivity contribution in [1.82, 2.24) is 20.2 Å². The van der Waals surface area contributed by atoms with Crippen LogP contribution in [0.5, 0.6) is 11.5 Å². The van der Waals surface area contributed by atoms with Crippen molar-refractivity contribution < 1.29 is 9.47 Å². The molecule has 2 heterocycles. The van der Waals surface area contributed by atoms with Gasteiger partial charge in [0.25, 0.3) is 0 Å². The van der Waals surface area contributed by atoms with E-state index in [1.165, 1.54) is 12.0 Å². The first kappa shape index (κ1) is 17.0. The summed E-state index contributed by atoms with van der Waals surface area (Å²) in [5, 5.41) is 16.6. The molecule has 7 heteroatoms. The Morgan fingerprint density at radius 2 is 1.86 bits per heavy atom. The van der Waals surface area contributed by atoms with Crippen molar-refractivity contribution in [3.05, 3.63) is 53.9 Å². The second-order valence-electron chi connectivity index (χ2n) is 7.59. The van der Waals surface area contributed by atoms with Crippen LogP contribution in [0, 0.1) is 6.92 Å². The van der Waals surface area contributed by atoms with E-state index >= 15 is 0 Å². The standard InChI is InChI=1S/C21H23N5O2/c1-15-6-5-7-16(12-15)22-21(10-3-2-4-11-21)20-23-24-25-26(20)17-8-9-18-19(13-17)28-14-27-18/h5-9,12-13,22H,2-4,10-11,14H2,1H3. The topological polar surface area (TPSA) is 74.1 Å². The number of hydrogen-bond donors (Lipinski definition) is 1. The van der Waals surface area contributed by atoms with Gasteiger partial charge in [-0.25, -0.2) is 0 Å². The zero-order valence-electron chi connectivity index (χ0n) is 15.9. The highest BCUT2D eigenvalue weighted by atomic mass is 16.7. The quantitative estimate of drug-likeness (QED) is 0.742. The molecule has 0 unspecified atom stereocenters. The first-order chi connectivity index (χ1) is 13.7. The molecule has 0 bridgehead atoms. The van der Waals surface area contributed by atoms with Gasteiger partial charge in [0, 0.05) is 11.8 Å². The fraction of sp³-hybridized carbons (Fsp3) is 0.381. The van der Waals surface area contributed by atoms with Gasteiger partial charge in [-0.15, -0.1) is 5.10 Å². The SMILES string of the molecule is Cc1cccc(NC2(c3nnnn3-c3ccc4c(c3)OCO4)CCCCC2)c1. The molecule has 1 aliphatic heterocycles. The van der Waals surface area contributed by atoms with Crippen molar-refractivity contribution in [3.63, 3.8) is 0 Å². The Morgan fingerprint density at radius 3 is 2.71 bits per heavy atom. The van der Waals surface area contributed by atoms with Crippen LogP contribution >= 0.6 is 0 Å². The molecule has 2 aliphatic rings. The number of fused-ring (bicyclic) bond motifs is 1. The molecule has 0 saturated heterocycles. The van der Waals surface area contributed by atoms with Crippen LogP contribution in [-0.2, 0) is 5.54 Å². The van der Waals surface area contributed by atoms with E-state index in [1.54, 1.807) is 0 Å². The lowest BCUT2D eigenvalue weighted by molar-refractivity contribution is 0.174. The van der Waals surface area contributed by atoms with E-state index in [-0.39, 0.29) is 12.3 Å². The molecule has 2 aromatic carbocycles. The summed E-state index contributed by atoms with van der Waals surface area (Å²) >= 11 is 0. The number of anilines is 1. The van der Waals surface area contributed by atoms with Gasteiger partial charge in [-0.3, -0.25) is 0 Å². The van der Waals surface area contributed by atoms with Crippen molar-refractivity contribution in [2.45, 2.75) is 44.6 Å². The van der Waals surface area contributed by atoms with Gasteiger partial charge in [-0.2, -0.15) is 4.68 Å². The highest BCUT2D eigenvalue weighted by molar-refractivity contribution is 5.52. The third-order valence-electron chi connectivity index (χ3n) is 5.61. The summed E-state index contributed by atoms with van der Waals surface area (Å²) in [6.07, 6.45) is 5.51. The van der Waals surface area contributed by atoms with E-state index in [0.717, 1.165) is 54.4 Å². The number of rotatable bonds is 4. The highest BCUT2D eigenvalue weighted by Crippen LogP contribution is 2.40. The van der Waals surface area contributed by atoms with Crippen molar-refractivity contribution in [2.24, 2.45) is 0 Å². The van der Waals surface area contributed by atoms with Crippen LogP contribution in [0.25, 0.3) is 5.69 Å². The molecule has 1 N–H and O–H groups in total. The lowest BCUT2D eigenvalue weighted by atomic mass is 9.80. The molecule has 3 aromatic rings. The predicted octanol–water partition coefficient (Wildman–Crippen LogP) is 3.97. The Bertz CT molecular complexity index is 994. The summed E-state index contributed by atoms with van der Waals surface area (Å²) in [7, 11) is 0. The molecule has 28 heavy (non-hydrogen) atoms. The van der Waals surface area contributed by atoms with E-state index in [1.807, 2.05) is 22.9 Å². The van der Waals surface area contributed by atoms with Gasteiger partial charge in [-0.1, -0.05) is 31.4 Å². The summed E-state index contributed by atoms with van der Waals surface area (Å²) in [6.45, 7) is 2.36. The molecule has 0 atom stereocenters. The maximum absolute atomic E-state index is 5.54. The van der Waals surface area contributed by atoms with Gasteiger partial charge in [0.1, 0.15) is 0 Å². The summed E-state index contributed by atoms with van der Waals surface area (Å²) in [5.41, 5.74) is 2.90. The molecule has 0 amide bonds. The minimum Gasteiger partial charge on any atom is -0.454 e. The Hall–Kier alpha value is -3.09. The summed E-state index contributed by atoms with van der Waals surface area (Å²) in [4.78, 5) is 0. The van der Waals surface area contributed by atoms with Crippen LogP contribution in [0.3, 0.4) is 0 Å². The molecule has 0 spiro atoms. The third kappa shape index (κ3) is 2.96. The second-order valence-corrected chi connectivity index (χ2v) is 7.59. The van der Waals surface area contributed by atoms with Crippen LogP contribution in [0.2, 0.25) is 0 Å². The Kier molecular flexibility index (Phi) is 4.15. The zero-order valence-corrected chi connectivity index (χ0v) is 15.9. The molecule has 7 nitrogen and oxygen atoms in total. The minimum atomic E-state index is -0.300. The van der Waals surface area contributed by atoms with E-state index in [0.29, 0.717) is 0 Å². The number of benzene rings is 2. The van der Waals surface area contributed by atoms with Crippen molar-refractivity contribution >= 4 is 5.69 Å². The number of nitrogens with one attached hydrogen (secondary N) is 1. The average molecular weight is 377 g/mol. The van der Waals surface area contributed by atoms with Gasteiger partial charge >= 0.3 is 0 Å². The number of aromatic nitrogens is 4. The zero-order chi connectivity index (χ0) is 19.0. The average Bonchev–Trinajstić information content (AvgIpc) is 3.38. The van der Waals surface area contributed by atoms with Crippen LogP contribution < -0.4 is 14.8 Å². The molecule has 144 valence electrons. The molecule has 1 saturated carbocycles. The number of ether oxygens (including phenoxy) is 2. The third-order valence-corrected chi connectivity index (χ3v) is 5.61. The first-order valence-electron chi connectivity index (χ1n) is 9.77. The summed E-state index contributed by atoms with van der Waals surface area (Å²) in [6, 6.07) is 14.3. The minimum absolute atomic E-state index is 0.250. The fourth-order valence-electron chi connectivity index (χ4n) is 4.24.